The number of hydrogen-bond acceptors (Lipinski definition) is 4. The fourth-order valence-corrected chi connectivity index (χ4v) is 4.10. The summed E-state index contributed by atoms with van der Waals surface area (Å²) in [6, 6.07) is 3.84. The Bertz CT molecular complexity index is 995. The van der Waals surface area contributed by atoms with Crippen LogP contribution in [0.4, 0.5) is 0 Å². The molecule has 142 valence electrons. The normalized spacial score (nSPS) is 15.7. The van der Waals surface area contributed by atoms with Crippen LogP contribution in [0.3, 0.4) is 0 Å². The lowest BCUT2D eigenvalue weighted by Gasteiger charge is -2.22. The number of pyridine rings is 1. The molecule has 1 fully saturated rings. The zero-order valence-corrected chi connectivity index (χ0v) is 16.0. The summed E-state index contributed by atoms with van der Waals surface area (Å²) < 4.78 is 3.76. The molecular weight excluding hydrogens is 342 g/mol. The largest absolute Gasteiger partial charge is 0.477 e. The molecule has 0 spiro atoms. The minimum absolute atomic E-state index is 0.0472. The van der Waals surface area contributed by atoms with Gasteiger partial charge in [0.25, 0.3) is 0 Å². The van der Waals surface area contributed by atoms with Gasteiger partial charge in [0.1, 0.15) is 0 Å². The van der Waals surface area contributed by atoms with E-state index in [2.05, 4.69) is 23.9 Å². The van der Waals surface area contributed by atoms with Crippen molar-refractivity contribution in [3.8, 4) is 11.3 Å². The molecule has 0 aliphatic heterocycles. The summed E-state index contributed by atoms with van der Waals surface area (Å²) in [6.07, 6.45) is 7.46. The first-order chi connectivity index (χ1) is 13.0. The molecule has 1 aliphatic rings. The van der Waals surface area contributed by atoms with Gasteiger partial charge in [0.15, 0.2) is 11.3 Å². The molecule has 0 saturated heterocycles. The average Bonchev–Trinajstić information content (AvgIpc) is 3.25. The number of aromatic carboxylic acids is 1. The van der Waals surface area contributed by atoms with E-state index in [1.54, 1.807) is 16.9 Å². The third-order valence-electron chi connectivity index (χ3n) is 5.47. The van der Waals surface area contributed by atoms with Gasteiger partial charge in [-0.3, -0.25) is 4.68 Å². The summed E-state index contributed by atoms with van der Waals surface area (Å²) in [7, 11) is 1.86. The van der Waals surface area contributed by atoms with Crippen molar-refractivity contribution in [2.24, 2.45) is 7.05 Å². The molecule has 0 aromatic carbocycles. The highest BCUT2D eigenvalue weighted by Crippen LogP contribution is 2.37. The van der Waals surface area contributed by atoms with Crippen molar-refractivity contribution in [1.29, 1.82) is 0 Å². The molecule has 3 heterocycles. The van der Waals surface area contributed by atoms with Gasteiger partial charge >= 0.3 is 5.97 Å². The monoisotopic (exact) mass is 367 g/mol. The molecule has 1 N–H and O–H groups in total. The van der Waals surface area contributed by atoms with Crippen molar-refractivity contribution in [2.45, 2.75) is 57.9 Å². The number of carbonyl (C=O) groups is 1. The van der Waals surface area contributed by atoms with E-state index < -0.39 is 5.97 Å². The number of fused-ring (bicyclic) bond motifs is 1. The maximum Gasteiger partial charge on any atom is 0.354 e. The quantitative estimate of drug-likeness (QED) is 0.748. The first kappa shape index (κ1) is 17.7. The van der Waals surface area contributed by atoms with Crippen molar-refractivity contribution in [3.63, 3.8) is 0 Å². The Morgan fingerprint density at radius 1 is 1.26 bits per heavy atom. The second-order valence-electron chi connectivity index (χ2n) is 7.68. The second-order valence-corrected chi connectivity index (χ2v) is 7.68. The van der Waals surface area contributed by atoms with Crippen LogP contribution in [0.25, 0.3) is 22.3 Å². The Balaban J connectivity index is 2.05. The molecule has 7 nitrogen and oxygen atoms in total. The number of carboxylic acid groups (broad SMARTS) is 1. The van der Waals surface area contributed by atoms with Gasteiger partial charge in [-0.15, -0.1) is 0 Å². The van der Waals surface area contributed by atoms with Gasteiger partial charge in [0, 0.05) is 18.8 Å². The highest BCUT2D eigenvalue weighted by Gasteiger charge is 2.26. The highest BCUT2D eigenvalue weighted by atomic mass is 16.4. The van der Waals surface area contributed by atoms with Crippen molar-refractivity contribution >= 4 is 17.0 Å². The first-order valence-corrected chi connectivity index (χ1v) is 9.62. The van der Waals surface area contributed by atoms with E-state index in [0.717, 1.165) is 35.2 Å². The topological polar surface area (TPSA) is 85.8 Å². The lowest BCUT2D eigenvalue weighted by Crippen LogP contribution is -2.15. The molecule has 27 heavy (non-hydrogen) atoms. The Hall–Kier alpha value is -2.70. The van der Waals surface area contributed by atoms with E-state index >= 15 is 0 Å². The SMILES string of the molecule is CC(C)c1nn(C2CCCCC2)c2nc(C(=O)O)cc(-c3ccnn3C)c12. The summed E-state index contributed by atoms with van der Waals surface area (Å²) in [5.41, 5.74) is 3.40. The number of hydrogen-bond donors (Lipinski definition) is 1. The minimum Gasteiger partial charge on any atom is -0.477 e. The van der Waals surface area contributed by atoms with Crippen LogP contribution in [0, 0.1) is 0 Å². The maximum absolute atomic E-state index is 11.8. The van der Waals surface area contributed by atoms with Crippen LogP contribution in [0.1, 0.15) is 74.1 Å². The van der Waals surface area contributed by atoms with Gasteiger partial charge in [-0.25, -0.2) is 14.5 Å². The van der Waals surface area contributed by atoms with Crippen molar-refractivity contribution < 1.29 is 9.90 Å². The summed E-state index contributed by atoms with van der Waals surface area (Å²) in [4.78, 5) is 16.3. The van der Waals surface area contributed by atoms with E-state index in [1.165, 1.54) is 19.3 Å². The van der Waals surface area contributed by atoms with Crippen LogP contribution < -0.4 is 0 Å². The minimum atomic E-state index is -1.03. The predicted molar refractivity (Wildman–Crippen MR) is 103 cm³/mol. The van der Waals surface area contributed by atoms with E-state index in [9.17, 15) is 9.90 Å². The van der Waals surface area contributed by atoms with Gasteiger partial charge in [-0.05, 0) is 30.9 Å². The van der Waals surface area contributed by atoms with Gasteiger partial charge < -0.3 is 5.11 Å². The van der Waals surface area contributed by atoms with E-state index in [4.69, 9.17) is 5.10 Å². The van der Waals surface area contributed by atoms with Gasteiger partial charge in [0.05, 0.1) is 22.8 Å². The number of nitrogens with zero attached hydrogens (tertiary/aromatic N) is 5. The highest BCUT2D eigenvalue weighted by molar-refractivity contribution is 5.99. The molecule has 0 amide bonds. The number of carboxylic acids is 1. The third-order valence-corrected chi connectivity index (χ3v) is 5.47. The van der Waals surface area contributed by atoms with Crippen LogP contribution in [0.2, 0.25) is 0 Å². The smallest absolute Gasteiger partial charge is 0.354 e. The summed E-state index contributed by atoms with van der Waals surface area (Å²) in [5, 5.41) is 19.8. The molecule has 1 saturated carbocycles. The second kappa shape index (κ2) is 6.79. The van der Waals surface area contributed by atoms with Gasteiger partial charge in [-0.1, -0.05) is 33.1 Å². The molecule has 3 aromatic rings. The third kappa shape index (κ3) is 3.01. The van der Waals surface area contributed by atoms with Crippen LogP contribution in [0.5, 0.6) is 0 Å². The van der Waals surface area contributed by atoms with Crippen LogP contribution in [-0.4, -0.2) is 35.6 Å². The fraction of sp³-hybridized carbons (Fsp3) is 0.500. The van der Waals surface area contributed by atoms with Crippen LogP contribution >= 0.6 is 0 Å². The number of rotatable bonds is 4. The Labute approximate surface area is 158 Å². The fourth-order valence-electron chi connectivity index (χ4n) is 4.10. The molecule has 0 radical (unpaired) electrons. The lowest BCUT2D eigenvalue weighted by molar-refractivity contribution is 0.0691. The summed E-state index contributed by atoms with van der Waals surface area (Å²) in [6.45, 7) is 4.23. The van der Waals surface area contributed by atoms with Crippen LogP contribution in [-0.2, 0) is 7.05 Å². The molecule has 7 heteroatoms. The number of aryl methyl sites for hydroxylation is 1. The van der Waals surface area contributed by atoms with E-state index in [0.29, 0.717) is 5.65 Å². The molecular formula is C20H25N5O2. The van der Waals surface area contributed by atoms with Crippen molar-refractivity contribution in [3.05, 3.63) is 29.7 Å². The Morgan fingerprint density at radius 2 is 2.00 bits per heavy atom. The van der Waals surface area contributed by atoms with Crippen molar-refractivity contribution in [2.75, 3.05) is 0 Å². The van der Waals surface area contributed by atoms with E-state index in [-0.39, 0.29) is 17.7 Å². The number of aromatic nitrogens is 5. The average molecular weight is 367 g/mol. The summed E-state index contributed by atoms with van der Waals surface area (Å²) >= 11 is 0. The molecule has 4 rings (SSSR count). The lowest BCUT2D eigenvalue weighted by atomic mass is 9.95. The zero-order valence-electron chi connectivity index (χ0n) is 16.0. The summed E-state index contributed by atoms with van der Waals surface area (Å²) in [5.74, 6) is -0.815. The Morgan fingerprint density at radius 3 is 2.59 bits per heavy atom. The van der Waals surface area contributed by atoms with Crippen LogP contribution in [0.15, 0.2) is 18.3 Å². The zero-order chi connectivity index (χ0) is 19.1. The maximum atomic E-state index is 11.8. The van der Waals surface area contributed by atoms with Gasteiger partial charge in [0.2, 0.25) is 0 Å². The molecule has 3 aromatic heterocycles. The molecule has 0 bridgehead atoms. The molecule has 0 unspecified atom stereocenters. The Kier molecular flexibility index (Phi) is 4.45. The van der Waals surface area contributed by atoms with Crippen molar-refractivity contribution in [1.82, 2.24) is 24.5 Å². The standard InChI is InChI=1S/C20H25N5O2/c1-12(2)18-17-14(16-9-10-21-24(16)3)11-15(20(26)27)22-19(17)25(23-18)13-7-5-4-6-8-13/h9-13H,4-8H2,1-3H3,(H,26,27). The first-order valence-electron chi connectivity index (χ1n) is 9.62. The molecule has 1 aliphatic carbocycles. The van der Waals surface area contributed by atoms with Gasteiger partial charge in [-0.2, -0.15) is 10.2 Å². The predicted octanol–water partition coefficient (Wildman–Crippen LogP) is 4.16. The molecule has 0 atom stereocenters. The van der Waals surface area contributed by atoms with E-state index in [1.807, 2.05) is 17.8 Å².